The number of aryl methyl sites for hydroxylation is 1. The lowest BCUT2D eigenvalue weighted by molar-refractivity contribution is 0.475. The molecule has 0 saturated carbocycles. The van der Waals surface area contributed by atoms with E-state index in [0.29, 0.717) is 11.4 Å². The quantitative estimate of drug-likeness (QED) is 0.649. The highest BCUT2D eigenvalue weighted by Crippen LogP contribution is 2.39. The molecular weight excluding hydrogens is 264 g/mol. The van der Waals surface area contributed by atoms with Crippen LogP contribution in [0.25, 0.3) is 10.8 Å². The Morgan fingerprint density at radius 1 is 0.857 bits per heavy atom. The fourth-order valence-corrected chi connectivity index (χ4v) is 2.23. The summed E-state index contributed by atoms with van der Waals surface area (Å²) < 4.78 is 0. The summed E-state index contributed by atoms with van der Waals surface area (Å²) in [6, 6.07) is 16.2. The molecule has 0 radical (unpaired) electrons. The number of aromatic hydroxyl groups is 2. The van der Waals surface area contributed by atoms with Gasteiger partial charge in [-0.15, -0.1) is 10.2 Å². The molecule has 0 amide bonds. The second-order valence-corrected chi connectivity index (χ2v) is 4.80. The first-order chi connectivity index (χ1) is 10.2. The Morgan fingerprint density at radius 2 is 1.57 bits per heavy atom. The molecule has 104 valence electrons. The zero-order chi connectivity index (χ0) is 14.8. The Kier molecular flexibility index (Phi) is 3.28. The second kappa shape index (κ2) is 5.25. The van der Waals surface area contributed by atoms with E-state index < -0.39 is 0 Å². The third-order valence-corrected chi connectivity index (χ3v) is 3.33. The van der Waals surface area contributed by atoms with Gasteiger partial charge < -0.3 is 10.2 Å². The SMILES string of the molecule is Cc1cc2ccccc2c(O)c1N=Nc1ccccc1O. The van der Waals surface area contributed by atoms with Gasteiger partial charge in [-0.25, -0.2) is 0 Å². The molecule has 3 rings (SSSR count). The Balaban J connectivity index is 2.11. The molecule has 0 aromatic heterocycles. The number of rotatable bonds is 2. The van der Waals surface area contributed by atoms with Crippen LogP contribution in [0.5, 0.6) is 11.5 Å². The van der Waals surface area contributed by atoms with Gasteiger partial charge in [-0.2, -0.15) is 0 Å². The molecule has 0 unspecified atom stereocenters. The van der Waals surface area contributed by atoms with E-state index in [1.54, 1.807) is 24.3 Å². The van der Waals surface area contributed by atoms with Crippen LogP contribution in [0.4, 0.5) is 11.4 Å². The molecule has 4 heteroatoms. The molecule has 4 nitrogen and oxygen atoms in total. The van der Waals surface area contributed by atoms with Crippen molar-refractivity contribution < 1.29 is 10.2 Å². The highest BCUT2D eigenvalue weighted by atomic mass is 16.3. The van der Waals surface area contributed by atoms with Crippen molar-refractivity contribution in [3.05, 3.63) is 60.2 Å². The number of azo groups is 1. The summed E-state index contributed by atoms with van der Waals surface area (Å²) in [5, 5.41) is 29.8. The van der Waals surface area contributed by atoms with Crippen LogP contribution in [-0.4, -0.2) is 10.2 Å². The van der Waals surface area contributed by atoms with Gasteiger partial charge in [0.25, 0.3) is 0 Å². The number of benzene rings is 3. The Morgan fingerprint density at radius 3 is 2.38 bits per heavy atom. The van der Waals surface area contributed by atoms with Gasteiger partial charge >= 0.3 is 0 Å². The molecule has 0 saturated heterocycles. The zero-order valence-corrected chi connectivity index (χ0v) is 11.5. The van der Waals surface area contributed by atoms with Gasteiger partial charge in [0.2, 0.25) is 0 Å². The first-order valence-corrected chi connectivity index (χ1v) is 6.58. The van der Waals surface area contributed by atoms with E-state index in [2.05, 4.69) is 10.2 Å². The average molecular weight is 278 g/mol. The maximum Gasteiger partial charge on any atom is 0.151 e. The Labute approximate surface area is 122 Å². The number of fused-ring (bicyclic) bond motifs is 1. The predicted molar refractivity (Wildman–Crippen MR) is 82.6 cm³/mol. The number of hydrogen-bond donors (Lipinski definition) is 2. The third-order valence-electron chi connectivity index (χ3n) is 3.33. The molecule has 0 bridgehead atoms. The molecule has 0 spiro atoms. The summed E-state index contributed by atoms with van der Waals surface area (Å²) in [5.41, 5.74) is 1.60. The molecule has 21 heavy (non-hydrogen) atoms. The predicted octanol–water partition coefficient (Wildman–Crippen LogP) is 4.97. The van der Waals surface area contributed by atoms with E-state index >= 15 is 0 Å². The molecule has 0 aliphatic carbocycles. The monoisotopic (exact) mass is 278 g/mol. The summed E-state index contributed by atoms with van der Waals surface area (Å²) in [6.07, 6.45) is 0. The normalized spacial score (nSPS) is 11.3. The number of hydrogen-bond acceptors (Lipinski definition) is 4. The van der Waals surface area contributed by atoms with E-state index in [-0.39, 0.29) is 11.5 Å². The molecule has 3 aromatic carbocycles. The van der Waals surface area contributed by atoms with Gasteiger partial charge in [0.1, 0.15) is 17.1 Å². The lowest BCUT2D eigenvalue weighted by atomic mass is 10.0. The van der Waals surface area contributed by atoms with Crippen molar-refractivity contribution in [3.8, 4) is 11.5 Å². The summed E-state index contributed by atoms with van der Waals surface area (Å²) in [5.74, 6) is 0.156. The fraction of sp³-hybridized carbons (Fsp3) is 0.0588. The van der Waals surface area contributed by atoms with Gasteiger partial charge in [0.15, 0.2) is 5.75 Å². The number of phenols is 2. The van der Waals surface area contributed by atoms with Crippen LogP contribution in [0.3, 0.4) is 0 Å². The summed E-state index contributed by atoms with van der Waals surface area (Å²) in [4.78, 5) is 0. The number of para-hydroxylation sites is 1. The fourth-order valence-electron chi connectivity index (χ4n) is 2.23. The van der Waals surface area contributed by atoms with Crippen molar-refractivity contribution in [2.75, 3.05) is 0 Å². The average Bonchev–Trinajstić information content (AvgIpc) is 2.49. The summed E-state index contributed by atoms with van der Waals surface area (Å²) in [6.45, 7) is 1.87. The maximum atomic E-state index is 10.4. The number of nitrogens with zero attached hydrogens (tertiary/aromatic N) is 2. The van der Waals surface area contributed by atoms with E-state index in [0.717, 1.165) is 16.3 Å². The molecule has 0 aliphatic rings. The lowest BCUT2D eigenvalue weighted by Crippen LogP contribution is -1.80. The van der Waals surface area contributed by atoms with Crippen LogP contribution in [-0.2, 0) is 0 Å². The highest BCUT2D eigenvalue weighted by Gasteiger charge is 2.09. The molecule has 0 heterocycles. The van der Waals surface area contributed by atoms with Crippen LogP contribution >= 0.6 is 0 Å². The van der Waals surface area contributed by atoms with Crippen LogP contribution in [0.1, 0.15) is 5.56 Å². The standard InChI is InChI=1S/C17H14N2O2/c1-11-10-12-6-2-3-7-13(12)17(21)16(11)19-18-14-8-4-5-9-15(14)20/h2-10,20-21H,1H3. The molecule has 3 aromatic rings. The maximum absolute atomic E-state index is 10.4. The van der Waals surface area contributed by atoms with Crippen molar-refractivity contribution in [3.63, 3.8) is 0 Å². The smallest absolute Gasteiger partial charge is 0.151 e. The molecule has 0 fully saturated rings. The van der Waals surface area contributed by atoms with Crippen molar-refractivity contribution in [2.24, 2.45) is 10.2 Å². The van der Waals surface area contributed by atoms with Gasteiger partial charge in [-0.05, 0) is 36.1 Å². The van der Waals surface area contributed by atoms with Gasteiger partial charge in [-0.1, -0.05) is 36.4 Å². The summed E-state index contributed by atoms with van der Waals surface area (Å²) >= 11 is 0. The number of phenolic OH excluding ortho intramolecular Hbond substituents is 2. The minimum absolute atomic E-state index is 0.0548. The minimum Gasteiger partial charge on any atom is -0.506 e. The van der Waals surface area contributed by atoms with Crippen molar-refractivity contribution in [2.45, 2.75) is 6.92 Å². The molecule has 0 aliphatic heterocycles. The van der Waals surface area contributed by atoms with Gasteiger partial charge in [0, 0.05) is 5.39 Å². The van der Waals surface area contributed by atoms with Gasteiger partial charge in [-0.3, -0.25) is 0 Å². The Bertz CT molecular complexity index is 841. The first-order valence-electron chi connectivity index (χ1n) is 6.58. The van der Waals surface area contributed by atoms with Crippen molar-refractivity contribution >= 4 is 22.1 Å². The zero-order valence-electron chi connectivity index (χ0n) is 11.5. The van der Waals surface area contributed by atoms with Crippen molar-refractivity contribution in [1.82, 2.24) is 0 Å². The highest BCUT2D eigenvalue weighted by molar-refractivity contribution is 5.93. The van der Waals surface area contributed by atoms with Crippen LogP contribution in [0, 0.1) is 6.92 Å². The van der Waals surface area contributed by atoms with E-state index in [1.807, 2.05) is 37.3 Å². The van der Waals surface area contributed by atoms with E-state index in [9.17, 15) is 10.2 Å². The largest absolute Gasteiger partial charge is 0.506 e. The molecule has 2 N–H and O–H groups in total. The first kappa shape index (κ1) is 13.1. The van der Waals surface area contributed by atoms with Crippen molar-refractivity contribution in [1.29, 1.82) is 0 Å². The van der Waals surface area contributed by atoms with E-state index in [1.165, 1.54) is 0 Å². The third kappa shape index (κ3) is 2.43. The molecule has 0 atom stereocenters. The molecular formula is C17H14N2O2. The van der Waals surface area contributed by atoms with Crippen LogP contribution in [0.15, 0.2) is 64.8 Å². The van der Waals surface area contributed by atoms with Crippen LogP contribution in [0.2, 0.25) is 0 Å². The Hall–Kier alpha value is -2.88. The lowest BCUT2D eigenvalue weighted by Gasteiger charge is -2.07. The second-order valence-electron chi connectivity index (χ2n) is 4.80. The van der Waals surface area contributed by atoms with E-state index in [4.69, 9.17) is 0 Å². The van der Waals surface area contributed by atoms with Crippen LogP contribution < -0.4 is 0 Å². The minimum atomic E-state index is 0.0548. The van der Waals surface area contributed by atoms with Gasteiger partial charge in [0.05, 0.1) is 0 Å². The summed E-state index contributed by atoms with van der Waals surface area (Å²) in [7, 11) is 0. The topological polar surface area (TPSA) is 65.2 Å².